The van der Waals surface area contributed by atoms with Crippen molar-refractivity contribution in [2.45, 2.75) is 18.9 Å². The first-order valence-electron chi connectivity index (χ1n) is 5.40. The molecule has 0 bridgehead atoms. The second kappa shape index (κ2) is 4.64. The van der Waals surface area contributed by atoms with E-state index in [2.05, 4.69) is 17.6 Å². The van der Waals surface area contributed by atoms with Crippen molar-refractivity contribution in [1.82, 2.24) is 5.32 Å². The van der Waals surface area contributed by atoms with E-state index >= 15 is 0 Å². The number of para-hydroxylation sites is 1. The molecule has 0 saturated carbocycles. The van der Waals surface area contributed by atoms with E-state index in [1.165, 1.54) is 6.42 Å². The van der Waals surface area contributed by atoms with Gasteiger partial charge >= 0.3 is 0 Å². The lowest BCUT2D eigenvalue weighted by Crippen LogP contribution is -2.57. The Morgan fingerprint density at radius 1 is 1.40 bits per heavy atom. The van der Waals surface area contributed by atoms with Crippen LogP contribution in [0.2, 0.25) is 0 Å². The van der Waals surface area contributed by atoms with Crippen LogP contribution in [0.1, 0.15) is 13.3 Å². The van der Waals surface area contributed by atoms with E-state index in [1.807, 2.05) is 30.3 Å². The molecule has 3 heteroatoms. The van der Waals surface area contributed by atoms with Gasteiger partial charge in [-0.15, -0.1) is 0 Å². The molecule has 0 unspecified atom stereocenters. The summed E-state index contributed by atoms with van der Waals surface area (Å²) >= 11 is 0. The van der Waals surface area contributed by atoms with E-state index in [-0.39, 0.29) is 5.54 Å². The molecule has 0 radical (unpaired) electrons. The van der Waals surface area contributed by atoms with Crippen molar-refractivity contribution in [1.29, 1.82) is 0 Å². The molecule has 0 aromatic heterocycles. The highest BCUT2D eigenvalue weighted by Crippen LogP contribution is 2.17. The van der Waals surface area contributed by atoms with E-state index in [1.54, 1.807) is 0 Å². The van der Waals surface area contributed by atoms with Crippen LogP contribution in [-0.2, 0) is 4.74 Å². The Hall–Kier alpha value is -1.06. The monoisotopic (exact) mass is 206 g/mol. The smallest absolute Gasteiger partial charge is 0.116 e. The summed E-state index contributed by atoms with van der Waals surface area (Å²) in [5.74, 6) is 0. The van der Waals surface area contributed by atoms with E-state index in [9.17, 15) is 0 Å². The molecule has 1 aliphatic rings. The van der Waals surface area contributed by atoms with E-state index < -0.39 is 0 Å². The Morgan fingerprint density at radius 2 is 2.13 bits per heavy atom. The summed E-state index contributed by atoms with van der Waals surface area (Å²) < 4.78 is 5.57. The van der Waals surface area contributed by atoms with Crippen molar-refractivity contribution in [3.8, 4) is 0 Å². The van der Waals surface area contributed by atoms with Crippen molar-refractivity contribution in [3.05, 3.63) is 30.3 Å². The molecule has 3 nitrogen and oxygen atoms in total. The lowest BCUT2D eigenvalue weighted by molar-refractivity contribution is 0.0542. The molecule has 2 N–H and O–H groups in total. The topological polar surface area (TPSA) is 33.3 Å². The van der Waals surface area contributed by atoms with Crippen molar-refractivity contribution in [2.75, 3.05) is 25.2 Å². The van der Waals surface area contributed by atoms with Gasteiger partial charge in [0.15, 0.2) is 0 Å². The van der Waals surface area contributed by atoms with Crippen molar-refractivity contribution >= 4 is 5.69 Å². The molecule has 1 heterocycles. The zero-order chi connectivity index (χ0) is 10.6. The SMILES string of the molecule is C[C@]1(COCNc2ccccc2)CCN1. The third-order valence-electron chi connectivity index (χ3n) is 2.80. The molecule has 1 saturated heterocycles. The molecule has 2 rings (SSSR count). The highest BCUT2D eigenvalue weighted by Gasteiger charge is 2.30. The van der Waals surface area contributed by atoms with E-state index in [4.69, 9.17) is 4.74 Å². The molecule has 1 fully saturated rings. The molecule has 1 aromatic carbocycles. The number of nitrogens with one attached hydrogen (secondary N) is 2. The van der Waals surface area contributed by atoms with Gasteiger partial charge in [0.1, 0.15) is 6.73 Å². The second-order valence-corrected chi connectivity index (χ2v) is 4.27. The lowest BCUT2D eigenvalue weighted by atomic mass is 9.91. The van der Waals surface area contributed by atoms with Gasteiger partial charge in [-0.2, -0.15) is 0 Å². The fourth-order valence-corrected chi connectivity index (χ4v) is 1.64. The fourth-order valence-electron chi connectivity index (χ4n) is 1.64. The molecule has 15 heavy (non-hydrogen) atoms. The summed E-state index contributed by atoms with van der Waals surface area (Å²) in [6.07, 6.45) is 1.21. The number of hydrogen-bond acceptors (Lipinski definition) is 3. The third-order valence-corrected chi connectivity index (χ3v) is 2.80. The normalized spacial score (nSPS) is 24.6. The van der Waals surface area contributed by atoms with Crippen LogP contribution in [0.3, 0.4) is 0 Å². The maximum absolute atomic E-state index is 5.57. The number of hydrogen-bond donors (Lipinski definition) is 2. The minimum Gasteiger partial charge on any atom is -0.363 e. The van der Waals surface area contributed by atoms with Crippen LogP contribution in [0, 0.1) is 0 Å². The summed E-state index contributed by atoms with van der Waals surface area (Å²) in [5.41, 5.74) is 1.31. The van der Waals surface area contributed by atoms with Gasteiger partial charge in [0.2, 0.25) is 0 Å². The Balaban J connectivity index is 1.63. The molecule has 1 aliphatic heterocycles. The molecule has 0 spiro atoms. The van der Waals surface area contributed by atoms with Crippen molar-refractivity contribution in [2.24, 2.45) is 0 Å². The minimum absolute atomic E-state index is 0.207. The van der Waals surface area contributed by atoms with Crippen molar-refractivity contribution < 1.29 is 4.74 Å². The minimum atomic E-state index is 0.207. The molecule has 0 aliphatic carbocycles. The predicted octanol–water partition coefficient (Wildman–Crippen LogP) is 1.82. The molecule has 1 atom stereocenters. The van der Waals surface area contributed by atoms with Crippen molar-refractivity contribution in [3.63, 3.8) is 0 Å². The zero-order valence-corrected chi connectivity index (χ0v) is 9.12. The maximum Gasteiger partial charge on any atom is 0.116 e. The van der Waals surface area contributed by atoms with Gasteiger partial charge in [-0.1, -0.05) is 18.2 Å². The van der Waals surface area contributed by atoms with Gasteiger partial charge in [-0.25, -0.2) is 0 Å². The Bertz CT molecular complexity index is 296. The highest BCUT2D eigenvalue weighted by atomic mass is 16.5. The first kappa shape index (κ1) is 10.5. The Morgan fingerprint density at radius 3 is 2.73 bits per heavy atom. The third kappa shape index (κ3) is 2.94. The summed E-state index contributed by atoms with van der Waals surface area (Å²) in [7, 11) is 0. The van der Waals surface area contributed by atoms with E-state index in [0.29, 0.717) is 6.73 Å². The number of ether oxygens (including phenoxy) is 1. The Labute approximate surface area is 90.8 Å². The molecule has 0 amide bonds. The summed E-state index contributed by atoms with van der Waals surface area (Å²) in [6.45, 7) is 4.65. The largest absolute Gasteiger partial charge is 0.363 e. The predicted molar refractivity (Wildman–Crippen MR) is 61.9 cm³/mol. The number of rotatable bonds is 5. The van der Waals surface area contributed by atoms with Crippen LogP contribution in [-0.4, -0.2) is 25.4 Å². The molecule has 1 aromatic rings. The lowest BCUT2D eigenvalue weighted by Gasteiger charge is -2.39. The highest BCUT2D eigenvalue weighted by molar-refractivity contribution is 5.41. The van der Waals surface area contributed by atoms with Gasteiger partial charge in [0, 0.05) is 11.2 Å². The van der Waals surface area contributed by atoms with E-state index in [0.717, 1.165) is 18.8 Å². The van der Waals surface area contributed by atoms with Gasteiger partial charge in [-0.3, -0.25) is 0 Å². The molecule has 82 valence electrons. The molecular formula is C12H18N2O. The summed E-state index contributed by atoms with van der Waals surface area (Å²) in [6, 6.07) is 10.1. The zero-order valence-electron chi connectivity index (χ0n) is 9.12. The van der Waals surface area contributed by atoms with Crippen LogP contribution >= 0.6 is 0 Å². The van der Waals surface area contributed by atoms with Crippen LogP contribution in [0.4, 0.5) is 5.69 Å². The van der Waals surface area contributed by atoms with Crippen LogP contribution in [0.25, 0.3) is 0 Å². The summed E-state index contributed by atoms with van der Waals surface area (Å²) in [5, 5.41) is 6.58. The number of benzene rings is 1. The fraction of sp³-hybridized carbons (Fsp3) is 0.500. The molecular weight excluding hydrogens is 188 g/mol. The average Bonchev–Trinajstić information content (AvgIpc) is 2.23. The second-order valence-electron chi connectivity index (χ2n) is 4.27. The van der Waals surface area contributed by atoms with Gasteiger partial charge in [-0.05, 0) is 32.0 Å². The van der Waals surface area contributed by atoms with Gasteiger partial charge in [0.05, 0.1) is 6.61 Å². The average molecular weight is 206 g/mol. The summed E-state index contributed by atoms with van der Waals surface area (Å²) in [4.78, 5) is 0. The van der Waals surface area contributed by atoms with Crippen LogP contribution < -0.4 is 10.6 Å². The van der Waals surface area contributed by atoms with Gasteiger partial charge in [0.25, 0.3) is 0 Å². The quantitative estimate of drug-likeness (QED) is 0.569. The number of anilines is 1. The first-order chi connectivity index (χ1) is 7.29. The van der Waals surface area contributed by atoms with Gasteiger partial charge < -0.3 is 15.4 Å². The van der Waals surface area contributed by atoms with Crippen LogP contribution in [0.15, 0.2) is 30.3 Å². The standard InChI is InChI=1S/C12H18N2O/c1-12(7-8-14-12)9-15-10-13-11-5-3-2-4-6-11/h2-6,13-14H,7-10H2,1H3/t12-/m1/s1. The first-order valence-corrected chi connectivity index (χ1v) is 5.40. The van der Waals surface area contributed by atoms with Crippen LogP contribution in [0.5, 0.6) is 0 Å². The maximum atomic E-state index is 5.57. The Kier molecular flexibility index (Phi) is 3.23.